The molecule has 3 aromatic heterocycles. The first-order valence-electron chi connectivity index (χ1n) is 13.4. The van der Waals surface area contributed by atoms with Gasteiger partial charge in [-0.25, -0.2) is 19.9 Å². The summed E-state index contributed by atoms with van der Waals surface area (Å²) in [6.45, 7) is 0. The highest BCUT2D eigenvalue weighted by molar-refractivity contribution is 5.88. The van der Waals surface area contributed by atoms with Gasteiger partial charge in [-0.2, -0.15) is 0 Å². The number of nitrogens with zero attached hydrogens (tertiary/aromatic N) is 6. The number of hydrogen-bond acceptors (Lipinski definition) is 5. The summed E-state index contributed by atoms with van der Waals surface area (Å²) in [4.78, 5) is 23.7. The number of benzene rings is 5. The molecule has 0 atom stereocenters. The second-order valence-corrected chi connectivity index (χ2v) is 9.98. The average Bonchev–Trinajstić information content (AvgIpc) is 3.49. The predicted octanol–water partition coefficient (Wildman–Crippen LogP) is 7.89. The van der Waals surface area contributed by atoms with Gasteiger partial charge in [0.2, 0.25) is 0 Å². The zero-order chi connectivity index (χ0) is 27.2. The van der Waals surface area contributed by atoms with Gasteiger partial charge in [-0.1, -0.05) is 97.1 Å². The summed E-state index contributed by atoms with van der Waals surface area (Å²) in [5.74, 6) is 1.90. The molecule has 0 fully saturated rings. The van der Waals surface area contributed by atoms with Crippen LogP contribution in [0.4, 0.5) is 0 Å². The molecule has 6 heteroatoms. The quantitative estimate of drug-likeness (QED) is 0.233. The van der Waals surface area contributed by atoms with Gasteiger partial charge in [0, 0.05) is 40.8 Å². The Morgan fingerprint density at radius 1 is 0.463 bits per heavy atom. The van der Waals surface area contributed by atoms with Crippen molar-refractivity contribution in [2.45, 2.75) is 0 Å². The van der Waals surface area contributed by atoms with Crippen molar-refractivity contribution in [2.75, 3.05) is 0 Å². The lowest BCUT2D eigenvalue weighted by molar-refractivity contribution is 1.08. The molecule has 8 rings (SSSR count). The minimum absolute atomic E-state index is 0.622. The van der Waals surface area contributed by atoms with Crippen LogP contribution in [0.25, 0.3) is 72.6 Å². The Labute approximate surface area is 235 Å². The maximum atomic E-state index is 4.96. The predicted molar refractivity (Wildman–Crippen MR) is 163 cm³/mol. The molecule has 192 valence electrons. The largest absolute Gasteiger partial charge is 0.304 e. The van der Waals surface area contributed by atoms with Gasteiger partial charge in [0.1, 0.15) is 0 Å². The third-order valence-electron chi connectivity index (χ3n) is 7.35. The highest BCUT2D eigenvalue weighted by atomic mass is 15.0. The topological polar surface area (TPSA) is 68.9 Å². The first-order chi connectivity index (χ1) is 20.3. The normalized spacial score (nSPS) is 11.4. The zero-order valence-electron chi connectivity index (χ0n) is 21.9. The molecule has 41 heavy (non-hydrogen) atoms. The fourth-order valence-electron chi connectivity index (χ4n) is 5.19. The Bertz CT molecular complexity index is 2090. The van der Waals surface area contributed by atoms with Gasteiger partial charge < -0.3 is 4.40 Å². The number of rotatable bonds is 4. The Kier molecular flexibility index (Phi) is 5.35. The lowest BCUT2D eigenvalue weighted by atomic mass is 10.1. The molecule has 0 spiro atoms. The number of hydrogen-bond donors (Lipinski definition) is 0. The van der Waals surface area contributed by atoms with Crippen molar-refractivity contribution in [1.82, 2.24) is 29.3 Å². The average molecular weight is 527 g/mol. The van der Waals surface area contributed by atoms with Crippen LogP contribution in [-0.2, 0) is 0 Å². The van der Waals surface area contributed by atoms with E-state index in [1.165, 1.54) is 10.8 Å². The van der Waals surface area contributed by atoms with Crippen LogP contribution in [0.2, 0.25) is 0 Å². The van der Waals surface area contributed by atoms with Crippen LogP contribution in [0.3, 0.4) is 0 Å². The number of fused-ring (bicyclic) bond motifs is 3. The van der Waals surface area contributed by atoms with Crippen molar-refractivity contribution >= 4 is 27.2 Å². The molecule has 8 aromatic rings. The van der Waals surface area contributed by atoms with Crippen molar-refractivity contribution in [1.29, 1.82) is 0 Å². The van der Waals surface area contributed by atoms with Crippen LogP contribution in [0.15, 0.2) is 134 Å². The summed E-state index contributed by atoms with van der Waals surface area (Å²) in [7, 11) is 0. The highest BCUT2D eigenvalue weighted by Gasteiger charge is 2.14. The maximum Gasteiger partial charge on any atom is 0.164 e. The lowest BCUT2D eigenvalue weighted by Crippen LogP contribution is -2.00. The molecule has 6 nitrogen and oxygen atoms in total. The molecule has 0 aliphatic heterocycles. The molecule has 5 aromatic carbocycles. The van der Waals surface area contributed by atoms with Crippen LogP contribution in [0.1, 0.15) is 0 Å². The molecule has 0 unspecified atom stereocenters. The van der Waals surface area contributed by atoms with Crippen molar-refractivity contribution < 1.29 is 0 Å². The van der Waals surface area contributed by atoms with E-state index >= 15 is 0 Å². The summed E-state index contributed by atoms with van der Waals surface area (Å²) in [5, 5.41) is 4.65. The standard InChI is InChI=1S/C35H22N6/c1-3-7-27-19-29(15-9-23(27)5-1)34-38-33(39-35(40-34)30-16-10-24-6-2-4-8-28(24)20-30)26-13-11-25(12-14-26)31-22-41-18-17-36-21-32(41)37-31/h1-22H. The molecule has 0 saturated carbocycles. The van der Waals surface area contributed by atoms with E-state index in [1.54, 1.807) is 12.4 Å². The SMILES string of the molecule is c1ccc2cc(-c3nc(-c4ccc(-c5cn6ccncc6n5)cc4)nc(-c4ccc5ccccc5c4)n3)ccc2c1. The summed E-state index contributed by atoms with van der Waals surface area (Å²) in [5.41, 5.74) is 5.51. The fourth-order valence-corrected chi connectivity index (χ4v) is 5.19. The summed E-state index contributed by atoms with van der Waals surface area (Å²) >= 11 is 0. The van der Waals surface area contributed by atoms with E-state index in [0.29, 0.717) is 17.5 Å². The van der Waals surface area contributed by atoms with Crippen molar-refractivity contribution in [2.24, 2.45) is 0 Å². The molecule has 0 saturated heterocycles. The highest BCUT2D eigenvalue weighted by Crippen LogP contribution is 2.29. The van der Waals surface area contributed by atoms with E-state index in [-0.39, 0.29) is 0 Å². The van der Waals surface area contributed by atoms with Crippen molar-refractivity contribution in [3.05, 3.63) is 134 Å². The van der Waals surface area contributed by atoms with E-state index in [2.05, 4.69) is 77.8 Å². The van der Waals surface area contributed by atoms with Gasteiger partial charge in [-0.15, -0.1) is 0 Å². The molecular formula is C35H22N6. The van der Waals surface area contributed by atoms with Crippen molar-refractivity contribution in [3.63, 3.8) is 0 Å². The maximum absolute atomic E-state index is 4.96. The monoisotopic (exact) mass is 526 g/mol. The van der Waals surface area contributed by atoms with Crippen LogP contribution in [-0.4, -0.2) is 29.3 Å². The van der Waals surface area contributed by atoms with E-state index in [0.717, 1.165) is 44.4 Å². The minimum Gasteiger partial charge on any atom is -0.304 e. The molecule has 0 amide bonds. The Morgan fingerprint density at radius 2 is 0.976 bits per heavy atom. The zero-order valence-corrected chi connectivity index (χ0v) is 21.9. The summed E-state index contributed by atoms with van der Waals surface area (Å²) < 4.78 is 1.97. The van der Waals surface area contributed by atoms with Gasteiger partial charge in [-0.3, -0.25) is 4.98 Å². The first kappa shape index (κ1) is 23.2. The molecule has 0 radical (unpaired) electrons. The molecule has 0 bridgehead atoms. The van der Waals surface area contributed by atoms with E-state index < -0.39 is 0 Å². The number of imidazole rings is 1. The molecule has 0 aliphatic rings. The van der Waals surface area contributed by atoms with Crippen LogP contribution in [0.5, 0.6) is 0 Å². The Morgan fingerprint density at radius 3 is 1.56 bits per heavy atom. The van der Waals surface area contributed by atoms with Crippen LogP contribution < -0.4 is 0 Å². The Balaban J connectivity index is 1.25. The van der Waals surface area contributed by atoms with E-state index in [1.807, 2.05) is 53.2 Å². The second-order valence-electron chi connectivity index (χ2n) is 9.98. The molecule has 0 aliphatic carbocycles. The summed E-state index contributed by atoms with van der Waals surface area (Å²) in [6, 6.07) is 37.5. The lowest BCUT2D eigenvalue weighted by Gasteiger charge is -2.10. The van der Waals surface area contributed by atoms with Gasteiger partial charge in [0.25, 0.3) is 0 Å². The number of aromatic nitrogens is 6. The smallest absolute Gasteiger partial charge is 0.164 e. The minimum atomic E-state index is 0.622. The van der Waals surface area contributed by atoms with Gasteiger partial charge in [-0.05, 0) is 33.7 Å². The van der Waals surface area contributed by atoms with Gasteiger partial charge >= 0.3 is 0 Å². The van der Waals surface area contributed by atoms with E-state index in [9.17, 15) is 0 Å². The molecule has 0 N–H and O–H groups in total. The van der Waals surface area contributed by atoms with Gasteiger partial charge in [0.05, 0.1) is 11.9 Å². The fraction of sp³-hybridized carbons (Fsp3) is 0. The van der Waals surface area contributed by atoms with E-state index in [4.69, 9.17) is 19.9 Å². The first-order valence-corrected chi connectivity index (χ1v) is 13.4. The third kappa shape index (κ3) is 4.28. The van der Waals surface area contributed by atoms with Crippen molar-refractivity contribution in [3.8, 4) is 45.4 Å². The summed E-state index contributed by atoms with van der Waals surface area (Å²) in [6.07, 6.45) is 7.41. The molecular weight excluding hydrogens is 504 g/mol. The Hall–Kier alpha value is -5.75. The molecule has 3 heterocycles. The van der Waals surface area contributed by atoms with Crippen LogP contribution >= 0.6 is 0 Å². The van der Waals surface area contributed by atoms with Crippen LogP contribution in [0, 0.1) is 0 Å². The second kappa shape index (κ2) is 9.47. The van der Waals surface area contributed by atoms with Gasteiger partial charge in [0.15, 0.2) is 23.1 Å². The third-order valence-corrected chi connectivity index (χ3v) is 7.35.